The summed E-state index contributed by atoms with van der Waals surface area (Å²) < 4.78 is 0. The first-order chi connectivity index (χ1) is 10.3. The van der Waals surface area contributed by atoms with E-state index in [1.54, 1.807) is 7.05 Å². The van der Waals surface area contributed by atoms with E-state index < -0.39 is 0 Å². The molecule has 4 heteroatoms. The Hall–Kier alpha value is -1.99. The fourth-order valence-corrected chi connectivity index (χ4v) is 2.72. The highest BCUT2D eigenvalue weighted by atomic mass is 15.2. The van der Waals surface area contributed by atoms with Gasteiger partial charge in [0.05, 0.1) is 6.54 Å². The summed E-state index contributed by atoms with van der Waals surface area (Å²) in [4.78, 5) is 6.71. The Morgan fingerprint density at radius 2 is 2.19 bits per heavy atom. The lowest BCUT2D eigenvalue weighted by Crippen LogP contribution is -2.44. The summed E-state index contributed by atoms with van der Waals surface area (Å²) in [6, 6.07) is 11.2. The van der Waals surface area contributed by atoms with Crippen LogP contribution in [-0.4, -0.2) is 43.6 Å². The molecule has 4 nitrogen and oxygen atoms in total. The van der Waals surface area contributed by atoms with E-state index >= 15 is 0 Å². The summed E-state index contributed by atoms with van der Waals surface area (Å²) >= 11 is 0. The van der Waals surface area contributed by atoms with Crippen LogP contribution in [0, 0.1) is 12.3 Å². The van der Waals surface area contributed by atoms with Crippen LogP contribution in [0.25, 0.3) is 0 Å². The van der Waals surface area contributed by atoms with Crippen LogP contribution in [-0.2, 0) is 6.54 Å². The zero-order valence-corrected chi connectivity index (χ0v) is 12.7. The van der Waals surface area contributed by atoms with E-state index in [1.165, 1.54) is 18.4 Å². The molecule has 1 aliphatic rings. The molecule has 0 bridgehead atoms. The molecule has 1 aromatic carbocycles. The van der Waals surface area contributed by atoms with Gasteiger partial charge in [0.1, 0.15) is 0 Å². The van der Waals surface area contributed by atoms with E-state index in [9.17, 15) is 0 Å². The first-order valence-electron chi connectivity index (χ1n) is 7.49. The zero-order chi connectivity index (χ0) is 14.9. The number of guanidine groups is 1. The normalized spacial score (nSPS) is 19.2. The summed E-state index contributed by atoms with van der Waals surface area (Å²) in [5, 5.41) is 6.46. The maximum atomic E-state index is 5.25. The number of likely N-dealkylation sites (tertiary alicyclic amines) is 1. The van der Waals surface area contributed by atoms with E-state index in [4.69, 9.17) is 6.42 Å². The smallest absolute Gasteiger partial charge is 0.191 e. The number of hydrogen-bond acceptors (Lipinski definition) is 2. The highest BCUT2D eigenvalue weighted by Gasteiger charge is 2.24. The second-order valence-electron chi connectivity index (χ2n) is 5.26. The quantitative estimate of drug-likeness (QED) is 0.488. The number of benzene rings is 1. The molecule has 1 aliphatic heterocycles. The standard InChI is InChI=1S/C17H24N4/c1-3-11-19-17(18-2)20-13-16-10-7-12-21(16)14-15-8-5-4-6-9-15/h1,4-6,8-9,16H,7,10-14H2,2H3,(H2,18,19,20). The van der Waals surface area contributed by atoms with Crippen molar-refractivity contribution in [3.05, 3.63) is 35.9 Å². The first kappa shape index (κ1) is 15.4. The molecule has 0 saturated carbocycles. The van der Waals surface area contributed by atoms with Crippen molar-refractivity contribution in [1.82, 2.24) is 15.5 Å². The summed E-state index contributed by atoms with van der Waals surface area (Å²) in [6.07, 6.45) is 7.74. The molecule has 21 heavy (non-hydrogen) atoms. The summed E-state index contributed by atoms with van der Waals surface area (Å²) in [5.74, 6) is 3.34. The fourth-order valence-electron chi connectivity index (χ4n) is 2.72. The molecular weight excluding hydrogens is 260 g/mol. The van der Waals surface area contributed by atoms with Gasteiger partial charge in [-0.1, -0.05) is 36.3 Å². The number of aliphatic imine (C=N–C) groups is 1. The van der Waals surface area contributed by atoms with Crippen molar-refractivity contribution in [2.24, 2.45) is 4.99 Å². The summed E-state index contributed by atoms with van der Waals surface area (Å²) in [5.41, 5.74) is 1.37. The zero-order valence-electron chi connectivity index (χ0n) is 12.7. The molecule has 0 amide bonds. The van der Waals surface area contributed by atoms with Crippen molar-refractivity contribution in [3.8, 4) is 12.3 Å². The number of rotatable bonds is 5. The van der Waals surface area contributed by atoms with E-state index in [0.29, 0.717) is 12.6 Å². The van der Waals surface area contributed by atoms with Crippen molar-refractivity contribution in [2.75, 3.05) is 26.7 Å². The minimum Gasteiger partial charge on any atom is -0.355 e. The van der Waals surface area contributed by atoms with Gasteiger partial charge in [-0.05, 0) is 24.9 Å². The number of nitrogens with one attached hydrogen (secondary N) is 2. The van der Waals surface area contributed by atoms with Gasteiger partial charge in [0.25, 0.3) is 0 Å². The molecular formula is C17H24N4. The van der Waals surface area contributed by atoms with Crippen LogP contribution >= 0.6 is 0 Å². The Bertz CT molecular complexity index is 489. The van der Waals surface area contributed by atoms with Gasteiger partial charge in [-0.3, -0.25) is 9.89 Å². The van der Waals surface area contributed by atoms with Crippen LogP contribution in [0.3, 0.4) is 0 Å². The minimum atomic E-state index is 0.498. The highest BCUT2D eigenvalue weighted by molar-refractivity contribution is 5.79. The molecule has 0 radical (unpaired) electrons. The Morgan fingerprint density at radius 1 is 1.38 bits per heavy atom. The third-order valence-corrected chi connectivity index (χ3v) is 3.81. The molecule has 2 N–H and O–H groups in total. The Kier molecular flexibility index (Phi) is 6.11. The van der Waals surface area contributed by atoms with Crippen molar-refractivity contribution >= 4 is 5.96 Å². The average molecular weight is 284 g/mol. The summed E-state index contributed by atoms with van der Waals surface area (Å²) in [7, 11) is 1.77. The molecule has 1 atom stereocenters. The third kappa shape index (κ3) is 4.80. The van der Waals surface area contributed by atoms with Gasteiger partial charge in [0.15, 0.2) is 5.96 Å². The lowest BCUT2D eigenvalue weighted by Gasteiger charge is -2.25. The van der Waals surface area contributed by atoms with E-state index in [2.05, 4.69) is 56.8 Å². The molecule has 1 aromatic rings. The van der Waals surface area contributed by atoms with Crippen LogP contribution in [0.4, 0.5) is 0 Å². The number of terminal acetylenes is 1. The molecule has 0 spiro atoms. The second kappa shape index (κ2) is 8.33. The Balaban J connectivity index is 1.83. The van der Waals surface area contributed by atoms with Gasteiger partial charge in [-0.25, -0.2) is 0 Å². The maximum absolute atomic E-state index is 5.25. The molecule has 1 unspecified atom stereocenters. The van der Waals surface area contributed by atoms with Crippen LogP contribution in [0.15, 0.2) is 35.3 Å². The maximum Gasteiger partial charge on any atom is 0.191 e. The Morgan fingerprint density at radius 3 is 2.90 bits per heavy atom. The van der Waals surface area contributed by atoms with Crippen LogP contribution < -0.4 is 10.6 Å². The molecule has 2 rings (SSSR count). The first-order valence-corrected chi connectivity index (χ1v) is 7.49. The third-order valence-electron chi connectivity index (χ3n) is 3.81. The second-order valence-corrected chi connectivity index (χ2v) is 5.26. The van der Waals surface area contributed by atoms with Crippen molar-refractivity contribution in [3.63, 3.8) is 0 Å². The molecule has 0 aliphatic carbocycles. The lowest BCUT2D eigenvalue weighted by molar-refractivity contribution is 0.245. The van der Waals surface area contributed by atoms with Crippen LogP contribution in [0.5, 0.6) is 0 Å². The van der Waals surface area contributed by atoms with E-state index in [-0.39, 0.29) is 0 Å². The van der Waals surface area contributed by atoms with Crippen molar-refractivity contribution in [2.45, 2.75) is 25.4 Å². The predicted octanol–water partition coefficient (Wildman–Crippen LogP) is 1.45. The molecule has 1 fully saturated rings. The van der Waals surface area contributed by atoms with Gasteiger partial charge in [-0.2, -0.15) is 0 Å². The average Bonchev–Trinajstić information content (AvgIpc) is 2.96. The summed E-state index contributed by atoms with van der Waals surface area (Å²) in [6.45, 7) is 3.58. The van der Waals surface area contributed by atoms with Gasteiger partial charge >= 0.3 is 0 Å². The fraction of sp³-hybridized carbons (Fsp3) is 0.471. The molecule has 1 saturated heterocycles. The van der Waals surface area contributed by atoms with Crippen molar-refractivity contribution < 1.29 is 0 Å². The van der Waals surface area contributed by atoms with Gasteiger partial charge in [0.2, 0.25) is 0 Å². The van der Waals surface area contributed by atoms with Crippen LogP contribution in [0.1, 0.15) is 18.4 Å². The van der Waals surface area contributed by atoms with Crippen molar-refractivity contribution in [1.29, 1.82) is 0 Å². The molecule has 0 aromatic heterocycles. The van der Waals surface area contributed by atoms with E-state index in [1.807, 2.05) is 0 Å². The van der Waals surface area contributed by atoms with Crippen LogP contribution in [0.2, 0.25) is 0 Å². The lowest BCUT2D eigenvalue weighted by atomic mass is 10.2. The molecule has 1 heterocycles. The monoisotopic (exact) mass is 284 g/mol. The van der Waals surface area contributed by atoms with E-state index in [0.717, 1.165) is 25.6 Å². The molecule has 112 valence electrons. The SMILES string of the molecule is C#CCNC(=NC)NCC1CCCN1Cc1ccccc1. The minimum absolute atomic E-state index is 0.498. The predicted molar refractivity (Wildman–Crippen MR) is 88.1 cm³/mol. The van der Waals surface area contributed by atoms with Gasteiger partial charge < -0.3 is 10.6 Å². The van der Waals surface area contributed by atoms with Gasteiger partial charge in [0, 0.05) is 26.2 Å². The number of hydrogen-bond donors (Lipinski definition) is 2. The topological polar surface area (TPSA) is 39.7 Å². The van der Waals surface area contributed by atoms with Gasteiger partial charge in [-0.15, -0.1) is 6.42 Å². The highest BCUT2D eigenvalue weighted by Crippen LogP contribution is 2.19. The number of nitrogens with zero attached hydrogens (tertiary/aromatic N) is 2. The largest absolute Gasteiger partial charge is 0.355 e. The Labute approximate surface area is 127 Å².